The third kappa shape index (κ3) is 4.87. The molecule has 1 atom stereocenters. The highest BCUT2D eigenvalue weighted by molar-refractivity contribution is 5.78. The van der Waals surface area contributed by atoms with Crippen LogP contribution in [0.25, 0.3) is 0 Å². The van der Waals surface area contributed by atoms with Crippen LogP contribution in [-0.4, -0.2) is 55.2 Å². The van der Waals surface area contributed by atoms with Crippen LogP contribution in [0.15, 0.2) is 42.5 Å². The maximum absolute atomic E-state index is 12.6. The molecule has 0 fully saturated rings. The molecule has 1 heterocycles. The summed E-state index contributed by atoms with van der Waals surface area (Å²) in [5.74, 6) is 1.34. The van der Waals surface area contributed by atoms with E-state index in [-0.39, 0.29) is 30.1 Å². The average molecular weight is 402 g/mol. The second-order valence-electron chi connectivity index (χ2n) is 6.31. The molecular formula is C20H22N2O7. The van der Waals surface area contributed by atoms with Gasteiger partial charge in [0.05, 0.1) is 24.6 Å². The van der Waals surface area contributed by atoms with Gasteiger partial charge in [-0.1, -0.05) is 12.1 Å². The number of nitro groups is 1. The van der Waals surface area contributed by atoms with Crippen LogP contribution in [0.1, 0.15) is 6.92 Å². The van der Waals surface area contributed by atoms with Gasteiger partial charge in [-0.25, -0.2) is 0 Å². The molecule has 9 nitrogen and oxygen atoms in total. The smallest absolute Gasteiger partial charge is 0.314 e. The summed E-state index contributed by atoms with van der Waals surface area (Å²) in [6.45, 7) is 2.59. The number of fused-ring (bicyclic) bond motifs is 1. The van der Waals surface area contributed by atoms with Crippen LogP contribution in [0.2, 0.25) is 0 Å². The van der Waals surface area contributed by atoms with Gasteiger partial charge in [0, 0.05) is 6.54 Å². The van der Waals surface area contributed by atoms with E-state index in [1.54, 1.807) is 4.90 Å². The van der Waals surface area contributed by atoms with Crippen molar-refractivity contribution in [3.05, 3.63) is 52.6 Å². The van der Waals surface area contributed by atoms with Crippen LogP contribution < -0.4 is 18.9 Å². The SMILES string of the molecule is CCN(C[C@@H]1COc2ccccc2O1)C(=O)COc1ccc(OC)cc1[N+](=O)[O-]. The molecule has 0 unspecified atom stereocenters. The average Bonchev–Trinajstić information content (AvgIpc) is 2.75. The first kappa shape index (κ1) is 20.2. The summed E-state index contributed by atoms with van der Waals surface area (Å²) in [7, 11) is 1.41. The quantitative estimate of drug-likeness (QED) is 0.494. The van der Waals surface area contributed by atoms with Crippen molar-refractivity contribution in [1.29, 1.82) is 0 Å². The topological polar surface area (TPSA) is 100 Å². The first-order valence-electron chi connectivity index (χ1n) is 9.13. The van der Waals surface area contributed by atoms with Crippen molar-refractivity contribution >= 4 is 11.6 Å². The van der Waals surface area contributed by atoms with E-state index in [4.69, 9.17) is 18.9 Å². The fourth-order valence-electron chi connectivity index (χ4n) is 2.93. The molecule has 0 radical (unpaired) electrons. The number of benzene rings is 2. The molecular weight excluding hydrogens is 380 g/mol. The predicted octanol–water partition coefficient (Wildman–Crippen LogP) is 2.67. The molecule has 9 heteroatoms. The van der Waals surface area contributed by atoms with Crippen molar-refractivity contribution in [2.45, 2.75) is 13.0 Å². The van der Waals surface area contributed by atoms with Gasteiger partial charge < -0.3 is 23.8 Å². The molecule has 1 aliphatic heterocycles. The minimum atomic E-state index is -0.579. The summed E-state index contributed by atoms with van der Waals surface area (Å²) in [5.41, 5.74) is -0.263. The van der Waals surface area contributed by atoms with E-state index in [1.165, 1.54) is 25.3 Å². The van der Waals surface area contributed by atoms with Gasteiger partial charge in [-0.15, -0.1) is 0 Å². The van der Waals surface area contributed by atoms with Gasteiger partial charge in [0.25, 0.3) is 5.91 Å². The normalized spacial score (nSPS) is 14.8. The maximum Gasteiger partial charge on any atom is 0.314 e. The third-order valence-corrected chi connectivity index (χ3v) is 4.44. The Morgan fingerprint density at radius 3 is 2.72 bits per heavy atom. The number of nitro benzene ring substituents is 1. The van der Waals surface area contributed by atoms with Gasteiger partial charge in [-0.3, -0.25) is 14.9 Å². The lowest BCUT2D eigenvalue weighted by Crippen LogP contribution is -2.45. The van der Waals surface area contributed by atoms with Crippen LogP contribution in [0.3, 0.4) is 0 Å². The highest BCUT2D eigenvalue weighted by Gasteiger charge is 2.25. The number of rotatable bonds is 8. The molecule has 0 saturated carbocycles. The Morgan fingerprint density at radius 1 is 1.28 bits per heavy atom. The molecule has 0 aliphatic carbocycles. The number of methoxy groups -OCH3 is 1. The molecule has 0 aromatic heterocycles. The van der Waals surface area contributed by atoms with E-state index in [0.29, 0.717) is 36.9 Å². The summed E-state index contributed by atoms with van der Waals surface area (Å²) < 4.78 is 22.0. The predicted molar refractivity (Wildman–Crippen MR) is 104 cm³/mol. The Morgan fingerprint density at radius 2 is 2.03 bits per heavy atom. The summed E-state index contributed by atoms with van der Waals surface area (Å²) >= 11 is 0. The maximum atomic E-state index is 12.6. The van der Waals surface area contributed by atoms with Gasteiger partial charge in [0.15, 0.2) is 30.0 Å². The molecule has 1 amide bonds. The molecule has 3 rings (SSSR count). The summed E-state index contributed by atoms with van der Waals surface area (Å²) in [4.78, 5) is 24.8. The van der Waals surface area contributed by atoms with Crippen molar-refractivity contribution in [2.75, 3.05) is 33.4 Å². The van der Waals surface area contributed by atoms with E-state index >= 15 is 0 Å². The van der Waals surface area contributed by atoms with E-state index in [1.807, 2.05) is 31.2 Å². The van der Waals surface area contributed by atoms with Gasteiger partial charge in [0.2, 0.25) is 0 Å². The Balaban J connectivity index is 1.60. The highest BCUT2D eigenvalue weighted by Crippen LogP contribution is 2.32. The monoisotopic (exact) mass is 402 g/mol. The molecule has 2 aromatic rings. The van der Waals surface area contributed by atoms with Crippen LogP contribution in [0, 0.1) is 10.1 Å². The molecule has 2 aromatic carbocycles. The number of carbonyl (C=O) groups is 1. The van der Waals surface area contributed by atoms with Crippen molar-refractivity contribution in [2.24, 2.45) is 0 Å². The minimum Gasteiger partial charge on any atom is -0.496 e. The highest BCUT2D eigenvalue weighted by atomic mass is 16.6. The lowest BCUT2D eigenvalue weighted by Gasteiger charge is -2.30. The molecule has 1 aliphatic rings. The van der Waals surface area contributed by atoms with Crippen LogP contribution in [0.4, 0.5) is 5.69 Å². The fourth-order valence-corrected chi connectivity index (χ4v) is 2.93. The zero-order valence-electron chi connectivity index (χ0n) is 16.2. The first-order valence-corrected chi connectivity index (χ1v) is 9.13. The second-order valence-corrected chi connectivity index (χ2v) is 6.31. The largest absolute Gasteiger partial charge is 0.496 e. The Labute approximate surface area is 167 Å². The van der Waals surface area contributed by atoms with Crippen LogP contribution in [0.5, 0.6) is 23.0 Å². The molecule has 0 spiro atoms. The minimum absolute atomic E-state index is 0.00591. The number of para-hydroxylation sites is 2. The first-order chi connectivity index (χ1) is 14.0. The zero-order chi connectivity index (χ0) is 20.8. The number of carbonyl (C=O) groups excluding carboxylic acids is 1. The number of hydrogen-bond donors (Lipinski definition) is 0. The molecule has 0 saturated heterocycles. The number of amides is 1. The Hall–Kier alpha value is -3.49. The van der Waals surface area contributed by atoms with Crippen molar-refractivity contribution in [3.63, 3.8) is 0 Å². The molecule has 0 bridgehead atoms. The number of ether oxygens (including phenoxy) is 4. The lowest BCUT2D eigenvalue weighted by molar-refractivity contribution is -0.385. The number of likely N-dealkylation sites (N-methyl/N-ethyl adjacent to an activating group) is 1. The fraction of sp³-hybridized carbons (Fsp3) is 0.350. The van der Waals surface area contributed by atoms with Gasteiger partial charge in [-0.2, -0.15) is 0 Å². The Kier molecular flexibility index (Phi) is 6.38. The van der Waals surface area contributed by atoms with Gasteiger partial charge in [-0.05, 0) is 31.2 Å². The van der Waals surface area contributed by atoms with Gasteiger partial charge in [0.1, 0.15) is 12.4 Å². The van der Waals surface area contributed by atoms with Crippen LogP contribution >= 0.6 is 0 Å². The number of hydrogen-bond acceptors (Lipinski definition) is 7. The standard InChI is InChI=1S/C20H22N2O7/c1-3-21(11-15-12-27-18-6-4-5-7-19(18)29-15)20(23)13-28-17-9-8-14(26-2)10-16(17)22(24)25/h4-10,15H,3,11-13H2,1-2H3/t15-/m1/s1. The lowest BCUT2D eigenvalue weighted by atomic mass is 10.2. The summed E-state index contributed by atoms with van der Waals surface area (Å²) in [5, 5.41) is 11.2. The molecule has 29 heavy (non-hydrogen) atoms. The van der Waals surface area contributed by atoms with E-state index < -0.39 is 4.92 Å². The van der Waals surface area contributed by atoms with Crippen LogP contribution in [-0.2, 0) is 4.79 Å². The third-order valence-electron chi connectivity index (χ3n) is 4.44. The number of nitrogens with zero attached hydrogens (tertiary/aromatic N) is 2. The second kappa shape index (κ2) is 9.13. The summed E-state index contributed by atoms with van der Waals surface area (Å²) in [6.07, 6.45) is -0.316. The van der Waals surface area contributed by atoms with E-state index in [9.17, 15) is 14.9 Å². The molecule has 154 valence electrons. The van der Waals surface area contributed by atoms with Crippen molar-refractivity contribution in [3.8, 4) is 23.0 Å². The van der Waals surface area contributed by atoms with Gasteiger partial charge >= 0.3 is 5.69 Å². The van der Waals surface area contributed by atoms with E-state index in [0.717, 1.165) is 0 Å². The van der Waals surface area contributed by atoms with Crippen molar-refractivity contribution < 1.29 is 28.7 Å². The molecule has 0 N–H and O–H groups in total. The summed E-state index contributed by atoms with van der Waals surface area (Å²) in [6, 6.07) is 11.5. The Bertz CT molecular complexity index is 887. The van der Waals surface area contributed by atoms with E-state index in [2.05, 4.69) is 0 Å². The van der Waals surface area contributed by atoms with Crippen molar-refractivity contribution in [1.82, 2.24) is 4.90 Å². The zero-order valence-corrected chi connectivity index (χ0v) is 16.2.